The quantitative estimate of drug-likeness (QED) is 0.700. The van der Waals surface area contributed by atoms with Gasteiger partial charge in [0.1, 0.15) is 10.8 Å². The lowest BCUT2D eigenvalue weighted by Gasteiger charge is -2.27. The van der Waals surface area contributed by atoms with E-state index < -0.39 is 0 Å². The van der Waals surface area contributed by atoms with E-state index in [1.165, 1.54) is 4.70 Å². The van der Waals surface area contributed by atoms with Gasteiger partial charge >= 0.3 is 0 Å². The summed E-state index contributed by atoms with van der Waals surface area (Å²) in [4.78, 5) is 4.68. The third-order valence-corrected chi connectivity index (χ3v) is 4.91. The van der Waals surface area contributed by atoms with E-state index in [0.717, 1.165) is 32.5 Å². The van der Waals surface area contributed by atoms with E-state index in [2.05, 4.69) is 16.4 Å². The maximum absolute atomic E-state index is 6.16. The Hall–Kier alpha value is -1.78. The summed E-state index contributed by atoms with van der Waals surface area (Å²) in [7, 11) is 0. The van der Waals surface area contributed by atoms with Crippen molar-refractivity contribution < 1.29 is 4.74 Å². The van der Waals surface area contributed by atoms with Crippen LogP contribution in [0.5, 0.6) is 5.75 Å². The van der Waals surface area contributed by atoms with Gasteiger partial charge in [-0.15, -0.1) is 11.3 Å². The zero-order valence-electron chi connectivity index (χ0n) is 11.4. The Morgan fingerprint density at radius 1 is 1.33 bits per heavy atom. The number of benzene rings is 2. The first-order valence-corrected chi connectivity index (χ1v) is 7.96. The number of aryl methyl sites for hydroxylation is 1. The van der Waals surface area contributed by atoms with Crippen molar-refractivity contribution in [3.05, 3.63) is 52.0 Å². The molecule has 0 radical (unpaired) electrons. The molecule has 1 atom stereocenters. The molecular formula is C16H13ClN2OS. The third-order valence-electron chi connectivity index (χ3n) is 3.56. The van der Waals surface area contributed by atoms with Crippen molar-refractivity contribution >= 4 is 38.8 Å². The minimum Gasteiger partial charge on any atom is -0.479 e. The summed E-state index contributed by atoms with van der Waals surface area (Å²) in [5.74, 6) is 0.870. The van der Waals surface area contributed by atoms with Gasteiger partial charge in [-0.25, -0.2) is 4.98 Å². The van der Waals surface area contributed by atoms with Crippen molar-refractivity contribution in [1.29, 1.82) is 0 Å². The van der Waals surface area contributed by atoms with E-state index in [1.807, 2.05) is 37.3 Å². The molecule has 1 aliphatic heterocycles. The Bertz CT molecular complexity index is 797. The highest BCUT2D eigenvalue weighted by molar-refractivity contribution is 7.18. The normalized spacial score (nSPS) is 17.1. The first kappa shape index (κ1) is 12.9. The molecule has 2 aromatic carbocycles. The van der Waals surface area contributed by atoms with Gasteiger partial charge in [-0.3, -0.25) is 0 Å². The third kappa shape index (κ3) is 2.24. The number of hydrogen-bond donors (Lipinski definition) is 1. The van der Waals surface area contributed by atoms with Crippen molar-refractivity contribution in [2.45, 2.75) is 13.0 Å². The van der Waals surface area contributed by atoms with Gasteiger partial charge in [0.05, 0.1) is 22.4 Å². The van der Waals surface area contributed by atoms with Gasteiger partial charge in [-0.1, -0.05) is 23.7 Å². The molecule has 21 heavy (non-hydrogen) atoms. The van der Waals surface area contributed by atoms with Crippen LogP contribution in [0.4, 0.5) is 5.69 Å². The highest BCUT2D eigenvalue weighted by Crippen LogP contribution is 2.40. The average molecular weight is 317 g/mol. The van der Waals surface area contributed by atoms with Gasteiger partial charge in [0, 0.05) is 5.02 Å². The van der Waals surface area contributed by atoms with Gasteiger partial charge in [0.15, 0.2) is 6.10 Å². The number of thiazole rings is 1. The fraction of sp³-hybridized carbons (Fsp3) is 0.188. The Labute approximate surface area is 131 Å². The lowest BCUT2D eigenvalue weighted by molar-refractivity contribution is 0.209. The van der Waals surface area contributed by atoms with E-state index in [0.29, 0.717) is 6.54 Å². The standard InChI is InChI=1S/C16H13ClN2OS/c1-9-6-10(17)7-12-15(9)20-13(8-18-12)16-19-11-4-2-3-5-14(11)21-16/h2-7,13,18H,8H2,1H3. The maximum atomic E-state index is 6.16. The predicted octanol–water partition coefficient (Wildman–Crippen LogP) is 4.80. The van der Waals surface area contributed by atoms with Crippen LogP contribution < -0.4 is 10.1 Å². The highest BCUT2D eigenvalue weighted by Gasteiger charge is 2.25. The number of aromatic nitrogens is 1. The number of hydrogen-bond acceptors (Lipinski definition) is 4. The van der Waals surface area contributed by atoms with Gasteiger partial charge in [-0.2, -0.15) is 0 Å². The van der Waals surface area contributed by atoms with Gasteiger partial charge in [-0.05, 0) is 36.8 Å². The molecule has 1 unspecified atom stereocenters. The molecule has 0 bridgehead atoms. The van der Waals surface area contributed by atoms with Crippen LogP contribution in [0.3, 0.4) is 0 Å². The van der Waals surface area contributed by atoms with Crippen LogP contribution in [0.2, 0.25) is 5.02 Å². The Morgan fingerprint density at radius 2 is 2.19 bits per heavy atom. The number of rotatable bonds is 1. The number of para-hydroxylation sites is 1. The number of anilines is 1. The molecule has 0 amide bonds. The minimum atomic E-state index is -0.0604. The Balaban J connectivity index is 1.71. The largest absolute Gasteiger partial charge is 0.479 e. The zero-order valence-corrected chi connectivity index (χ0v) is 13.0. The van der Waals surface area contributed by atoms with Crippen LogP contribution in [0, 0.1) is 6.92 Å². The number of halogens is 1. The van der Waals surface area contributed by atoms with E-state index in [4.69, 9.17) is 16.3 Å². The van der Waals surface area contributed by atoms with E-state index in [-0.39, 0.29) is 6.10 Å². The molecule has 0 saturated heterocycles. The second-order valence-corrected chi connectivity index (χ2v) is 6.61. The number of nitrogens with zero attached hydrogens (tertiary/aromatic N) is 1. The predicted molar refractivity (Wildman–Crippen MR) is 87.7 cm³/mol. The molecule has 3 aromatic rings. The summed E-state index contributed by atoms with van der Waals surface area (Å²) in [6, 6.07) is 12.0. The molecule has 2 heterocycles. The molecule has 0 fully saturated rings. The number of ether oxygens (including phenoxy) is 1. The van der Waals surface area contributed by atoms with Crippen LogP contribution in [0.1, 0.15) is 16.7 Å². The molecule has 0 saturated carbocycles. The van der Waals surface area contributed by atoms with Gasteiger partial charge < -0.3 is 10.1 Å². The second-order valence-electron chi connectivity index (χ2n) is 5.11. The molecule has 0 aliphatic carbocycles. The molecule has 1 aromatic heterocycles. The molecular weight excluding hydrogens is 304 g/mol. The fourth-order valence-corrected chi connectivity index (χ4v) is 3.84. The summed E-state index contributed by atoms with van der Waals surface area (Å²) in [6.45, 7) is 2.71. The first-order chi connectivity index (χ1) is 10.2. The smallest absolute Gasteiger partial charge is 0.167 e. The number of nitrogens with one attached hydrogen (secondary N) is 1. The number of fused-ring (bicyclic) bond motifs is 2. The molecule has 1 N–H and O–H groups in total. The second kappa shape index (κ2) is 4.90. The van der Waals surface area contributed by atoms with Crippen molar-refractivity contribution in [3.63, 3.8) is 0 Å². The Morgan fingerprint density at radius 3 is 3.05 bits per heavy atom. The van der Waals surface area contributed by atoms with Crippen LogP contribution in [0.15, 0.2) is 36.4 Å². The molecule has 4 rings (SSSR count). The minimum absolute atomic E-state index is 0.0604. The molecule has 1 aliphatic rings. The van der Waals surface area contributed by atoms with E-state index in [9.17, 15) is 0 Å². The fourth-order valence-electron chi connectivity index (χ4n) is 2.57. The molecule has 3 nitrogen and oxygen atoms in total. The van der Waals surface area contributed by atoms with E-state index in [1.54, 1.807) is 11.3 Å². The monoisotopic (exact) mass is 316 g/mol. The maximum Gasteiger partial charge on any atom is 0.167 e. The first-order valence-electron chi connectivity index (χ1n) is 6.77. The highest BCUT2D eigenvalue weighted by atomic mass is 35.5. The summed E-state index contributed by atoms with van der Waals surface area (Å²) in [5.41, 5.74) is 3.02. The Kier molecular flexibility index (Phi) is 3.01. The van der Waals surface area contributed by atoms with E-state index >= 15 is 0 Å². The zero-order chi connectivity index (χ0) is 14.4. The molecule has 0 spiro atoms. The lowest BCUT2D eigenvalue weighted by Crippen LogP contribution is -2.24. The van der Waals surface area contributed by atoms with Crippen molar-refractivity contribution in [2.24, 2.45) is 0 Å². The summed E-state index contributed by atoms with van der Waals surface area (Å²) in [6.07, 6.45) is -0.0604. The van der Waals surface area contributed by atoms with Gasteiger partial charge in [0.2, 0.25) is 0 Å². The summed E-state index contributed by atoms with van der Waals surface area (Å²) < 4.78 is 7.35. The molecule has 5 heteroatoms. The summed E-state index contributed by atoms with van der Waals surface area (Å²) >= 11 is 7.77. The topological polar surface area (TPSA) is 34.1 Å². The van der Waals surface area contributed by atoms with Crippen LogP contribution in [-0.4, -0.2) is 11.5 Å². The SMILES string of the molecule is Cc1cc(Cl)cc2c1OC(c1nc3ccccc3s1)CN2. The van der Waals surface area contributed by atoms with Crippen LogP contribution in [0.25, 0.3) is 10.2 Å². The van der Waals surface area contributed by atoms with Crippen molar-refractivity contribution in [3.8, 4) is 5.75 Å². The van der Waals surface area contributed by atoms with Crippen LogP contribution >= 0.6 is 22.9 Å². The van der Waals surface area contributed by atoms with Crippen molar-refractivity contribution in [1.82, 2.24) is 4.98 Å². The average Bonchev–Trinajstić information content (AvgIpc) is 2.90. The lowest BCUT2D eigenvalue weighted by atomic mass is 10.1. The molecule has 106 valence electrons. The van der Waals surface area contributed by atoms with Crippen molar-refractivity contribution in [2.75, 3.05) is 11.9 Å². The summed E-state index contributed by atoms with van der Waals surface area (Å²) in [5, 5.41) is 5.12. The van der Waals surface area contributed by atoms with Crippen LogP contribution in [-0.2, 0) is 0 Å². The van der Waals surface area contributed by atoms with Gasteiger partial charge in [0.25, 0.3) is 0 Å².